The van der Waals surface area contributed by atoms with E-state index in [1.165, 1.54) is 0 Å². The van der Waals surface area contributed by atoms with E-state index in [2.05, 4.69) is 23.4 Å². The van der Waals surface area contributed by atoms with Gasteiger partial charge in [0.25, 0.3) is 0 Å². The lowest BCUT2D eigenvalue weighted by Crippen LogP contribution is -2.27. The van der Waals surface area contributed by atoms with Crippen molar-refractivity contribution in [3.63, 3.8) is 0 Å². The van der Waals surface area contributed by atoms with Gasteiger partial charge in [-0.3, -0.25) is 4.79 Å². The van der Waals surface area contributed by atoms with Crippen molar-refractivity contribution in [2.45, 2.75) is 45.8 Å². The fourth-order valence-corrected chi connectivity index (χ4v) is 2.31. The number of nitrogens with zero attached hydrogens (tertiary/aromatic N) is 2. The Balaban J connectivity index is 2.00. The lowest BCUT2D eigenvalue weighted by atomic mass is 9.99. The van der Waals surface area contributed by atoms with Crippen LogP contribution in [0.5, 0.6) is 0 Å². The summed E-state index contributed by atoms with van der Waals surface area (Å²) in [5.74, 6) is 1.37. The Morgan fingerprint density at radius 2 is 2.47 bits per heavy atom. The fraction of sp³-hybridized carbons (Fsp3) is 0.692. The van der Waals surface area contributed by atoms with E-state index in [1.807, 2.05) is 6.20 Å². The van der Waals surface area contributed by atoms with Gasteiger partial charge in [-0.05, 0) is 18.8 Å². The van der Waals surface area contributed by atoms with Crippen molar-refractivity contribution in [3.05, 3.63) is 18.2 Å². The molecule has 0 aromatic carbocycles. The molecule has 1 aliphatic heterocycles. The topological polar surface area (TPSA) is 44.1 Å². The highest BCUT2D eigenvalue weighted by Crippen LogP contribution is 2.21. The van der Waals surface area contributed by atoms with Crippen LogP contribution in [-0.2, 0) is 22.5 Å². The van der Waals surface area contributed by atoms with E-state index >= 15 is 0 Å². The summed E-state index contributed by atoms with van der Waals surface area (Å²) in [5.41, 5.74) is 0. The smallest absolute Gasteiger partial charge is 0.169 e. The number of ether oxygens (including phenoxy) is 1. The summed E-state index contributed by atoms with van der Waals surface area (Å²) in [5, 5.41) is 0. The predicted octanol–water partition coefficient (Wildman–Crippen LogP) is 1.83. The monoisotopic (exact) mass is 236 g/mol. The zero-order chi connectivity index (χ0) is 12.3. The van der Waals surface area contributed by atoms with E-state index in [0.717, 1.165) is 25.2 Å². The van der Waals surface area contributed by atoms with E-state index in [-0.39, 0.29) is 11.9 Å². The first-order chi connectivity index (χ1) is 8.22. The van der Waals surface area contributed by atoms with Crippen molar-refractivity contribution in [3.8, 4) is 0 Å². The summed E-state index contributed by atoms with van der Waals surface area (Å²) in [7, 11) is 0. The molecule has 0 amide bonds. The van der Waals surface area contributed by atoms with Gasteiger partial charge >= 0.3 is 0 Å². The minimum Gasteiger partial charge on any atom is -0.370 e. The number of aromatic nitrogens is 2. The first-order valence-corrected chi connectivity index (χ1v) is 6.36. The number of imidazole rings is 1. The second-order valence-electron chi connectivity index (χ2n) is 4.74. The molecule has 0 spiro atoms. The molecule has 2 rings (SSSR count). The average molecular weight is 236 g/mol. The number of Topliss-reactive ketones (excluding diaryl/α,β-unsaturated/α-hetero) is 1. The quantitative estimate of drug-likeness (QED) is 0.783. The summed E-state index contributed by atoms with van der Waals surface area (Å²) in [6, 6.07) is 0. The van der Waals surface area contributed by atoms with Gasteiger partial charge in [0.2, 0.25) is 0 Å². The molecule has 0 radical (unpaired) electrons. The Hall–Kier alpha value is -1.16. The number of aryl methyl sites for hydroxylation is 1. The van der Waals surface area contributed by atoms with Crippen LogP contribution < -0.4 is 0 Å². The molecule has 4 nitrogen and oxygen atoms in total. The molecule has 1 aromatic rings. The van der Waals surface area contributed by atoms with Crippen molar-refractivity contribution in [2.24, 2.45) is 5.92 Å². The van der Waals surface area contributed by atoms with Crippen LogP contribution in [0.15, 0.2) is 12.4 Å². The van der Waals surface area contributed by atoms with Gasteiger partial charge < -0.3 is 9.30 Å². The Bertz CT molecular complexity index is 387. The maximum Gasteiger partial charge on any atom is 0.169 e. The molecule has 1 fully saturated rings. The molecule has 2 atom stereocenters. The molecule has 94 valence electrons. The van der Waals surface area contributed by atoms with E-state index < -0.39 is 0 Å². The van der Waals surface area contributed by atoms with Crippen LogP contribution in [0.2, 0.25) is 0 Å². The molecular formula is C13H20N2O2. The van der Waals surface area contributed by atoms with Gasteiger partial charge in [0, 0.05) is 25.5 Å². The molecule has 0 bridgehead atoms. The van der Waals surface area contributed by atoms with Crippen molar-refractivity contribution < 1.29 is 9.53 Å². The van der Waals surface area contributed by atoms with Crippen LogP contribution in [0.25, 0.3) is 0 Å². The summed E-state index contributed by atoms with van der Waals surface area (Å²) < 4.78 is 7.54. The average Bonchev–Trinajstić information content (AvgIpc) is 2.89. The van der Waals surface area contributed by atoms with Crippen LogP contribution >= 0.6 is 0 Å². The van der Waals surface area contributed by atoms with E-state index in [1.54, 1.807) is 6.20 Å². The second-order valence-corrected chi connectivity index (χ2v) is 4.74. The number of ketones is 1. The zero-order valence-electron chi connectivity index (χ0n) is 10.6. The van der Waals surface area contributed by atoms with E-state index in [0.29, 0.717) is 18.9 Å². The number of carbonyl (C=O) groups is 1. The highest BCUT2D eigenvalue weighted by atomic mass is 16.5. The van der Waals surface area contributed by atoms with Crippen LogP contribution in [0.3, 0.4) is 0 Å². The first-order valence-electron chi connectivity index (χ1n) is 6.36. The minimum atomic E-state index is -0.221. The molecule has 0 N–H and O–H groups in total. The summed E-state index contributed by atoms with van der Waals surface area (Å²) >= 11 is 0. The maximum absolute atomic E-state index is 12.1. The van der Waals surface area contributed by atoms with Gasteiger partial charge in [0.15, 0.2) is 5.78 Å². The lowest BCUT2D eigenvalue weighted by Gasteiger charge is -2.13. The highest BCUT2D eigenvalue weighted by Gasteiger charge is 2.31. The Kier molecular flexibility index (Phi) is 3.94. The summed E-state index contributed by atoms with van der Waals surface area (Å²) in [6.07, 6.45) is 5.90. The van der Waals surface area contributed by atoms with Gasteiger partial charge in [0.1, 0.15) is 11.9 Å². The molecule has 1 aromatic heterocycles. The van der Waals surface area contributed by atoms with Crippen molar-refractivity contribution >= 4 is 5.78 Å². The molecule has 2 heterocycles. The number of rotatable bonds is 5. The molecule has 4 heteroatoms. The third-order valence-corrected chi connectivity index (χ3v) is 3.30. The van der Waals surface area contributed by atoms with Gasteiger partial charge in [0.05, 0.1) is 6.42 Å². The SMILES string of the molecule is CCCn1ccnc1CC(=O)C1OCCC1C. The second kappa shape index (κ2) is 5.45. The molecule has 0 saturated carbocycles. The predicted molar refractivity (Wildman–Crippen MR) is 64.8 cm³/mol. The maximum atomic E-state index is 12.1. The first kappa shape index (κ1) is 12.3. The third kappa shape index (κ3) is 2.75. The van der Waals surface area contributed by atoms with Gasteiger partial charge in [-0.15, -0.1) is 0 Å². The van der Waals surface area contributed by atoms with Crippen molar-refractivity contribution in [2.75, 3.05) is 6.61 Å². The lowest BCUT2D eigenvalue weighted by molar-refractivity contribution is -0.128. The Morgan fingerprint density at radius 3 is 3.12 bits per heavy atom. The number of carbonyl (C=O) groups excluding carboxylic acids is 1. The summed E-state index contributed by atoms with van der Waals surface area (Å²) in [6.45, 7) is 5.83. The zero-order valence-corrected chi connectivity index (χ0v) is 10.6. The van der Waals surface area contributed by atoms with Crippen LogP contribution in [0, 0.1) is 5.92 Å². The fourth-order valence-electron chi connectivity index (χ4n) is 2.31. The molecule has 0 aliphatic carbocycles. The third-order valence-electron chi connectivity index (χ3n) is 3.30. The van der Waals surface area contributed by atoms with E-state index in [9.17, 15) is 4.79 Å². The van der Waals surface area contributed by atoms with Gasteiger partial charge in [-0.2, -0.15) is 0 Å². The Labute approximate surface area is 102 Å². The van der Waals surface area contributed by atoms with Gasteiger partial charge in [-0.25, -0.2) is 4.98 Å². The van der Waals surface area contributed by atoms with Crippen LogP contribution in [0.4, 0.5) is 0 Å². The normalized spacial score (nSPS) is 24.1. The highest BCUT2D eigenvalue weighted by molar-refractivity contribution is 5.85. The largest absolute Gasteiger partial charge is 0.370 e. The molecule has 1 saturated heterocycles. The number of hydrogen-bond donors (Lipinski definition) is 0. The summed E-state index contributed by atoms with van der Waals surface area (Å²) in [4.78, 5) is 16.4. The molecule has 1 aliphatic rings. The Morgan fingerprint density at radius 1 is 1.65 bits per heavy atom. The molecular weight excluding hydrogens is 216 g/mol. The van der Waals surface area contributed by atoms with Crippen molar-refractivity contribution in [1.29, 1.82) is 0 Å². The molecule has 2 unspecified atom stereocenters. The molecule has 17 heavy (non-hydrogen) atoms. The van der Waals surface area contributed by atoms with Gasteiger partial charge in [-0.1, -0.05) is 13.8 Å². The van der Waals surface area contributed by atoms with E-state index in [4.69, 9.17) is 4.74 Å². The van der Waals surface area contributed by atoms with Crippen molar-refractivity contribution in [1.82, 2.24) is 9.55 Å². The van der Waals surface area contributed by atoms with Crippen LogP contribution in [0.1, 0.15) is 32.5 Å². The minimum absolute atomic E-state index is 0.165. The number of hydrogen-bond acceptors (Lipinski definition) is 3. The standard InChI is InChI=1S/C13H20N2O2/c1-3-6-15-7-5-14-12(15)9-11(16)13-10(2)4-8-17-13/h5,7,10,13H,3-4,6,8-9H2,1-2H3. The van der Waals surface area contributed by atoms with Crippen LogP contribution in [-0.4, -0.2) is 28.0 Å².